The average molecular weight is 410 g/mol. The second-order valence-electron chi connectivity index (χ2n) is 6.46. The Bertz CT molecular complexity index is 998. The van der Waals surface area contributed by atoms with Crippen LogP contribution in [0.1, 0.15) is 30.0 Å². The monoisotopic (exact) mass is 409 g/mol. The fourth-order valence-corrected chi connectivity index (χ4v) is 4.25. The van der Waals surface area contributed by atoms with E-state index in [1.54, 1.807) is 37.6 Å². The van der Waals surface area contributed by atoms with E-state index >= 15 is 0 Å². The molecule has 1 saturated carbocycles. The Balaban J connectivity index is 2.09. The Kier molecular flexibility index (Phi) is 5.27. The third-order valence-electron chi connectivity index (χ3n) is 4.61. The first-order valence-electron chi connectivity index (χ1n) is 8.00. The molecule has 0 spiro atoms. The van der Waals surface area contributed by atoms with Crippen LogP contribution in [0.25, 0.3) is 11.1 Å². The molecule has 1 atom stereocenters. The standard InChI is InChI=1S/C18H17Cl2N3O2S/c1-23(26(2,24)25)18(11-3-4-11)15-10-22-9-14(17(15)20)12-5-6-13(8-21)16(19)7-12/h5-7,9-11,18H,3-4H2,1-2H3. The minimum absolute atomic E-state index is 0.230. The van der Waals surface area contributed by atoms with Crippen LogP contribution in [-0.2, 0) is 10.0 Å². The molecule has 0 radical (unpaired) electrons. The summed E-state index contributed by atoms with van der Waals surface area (Å²) in [6, 6.07) is 6.72. The number of sulfonamides is 1. The third kappa shape index (κ3) is 3.72. The van der Waals surface area contributed by atoms with E-state index in [4.69, 9.17) is 28.5 Å². The van der Waals surface area contributed by atoms with Crippen molar-refractivity contribution in [2.45, 2.75) is 18.9 Å². The molecule has 1 aliphatic rings. The predicted octanol–water partition coefficient (Wildman–Crippen LogP) is 4.27. The first-order chi connectivity index (χ1) is 12.2. The van der Waals surface area contributed by atoms with Crippen molar-refractivity contribution in [1.29, 1.82) is 5.26 Å². The summed E-state index contributed by atoms with van der Waals surface area (Å²) < 4.78 is 25.5. The first kappa shape index (κ1) is 19.1. The maximum Gasteiger partial charge on any atom is 0.211 e. The van der Waals surface area contributed by atoms with Crippen molar-refractivity contribution in [3.8, 4) is 17.2 Å². The van der Waals surface area contributed by atoms with E-state index in [1.165, 1.54) is 10.6 Å². The summed E-state index contributed by atoms with van der Waals surface area (Å²) in [7, 11) is -1.81. The number of aromatic nitrogens is 1. The Morgan fingerprint density at radius 3 is 2.54 bits per heavy atom. The molecule has 1 fully saturated rings. The molecule has 0 aliphatic heterocycles. The van der Waals surface area contributed by atoms with Crippen molar-refractivity contribution < 1.29 is 8.42 Å². The van der Waals surface area contributed by atoms with Gasteiger partial charge >= 0.3 is 0 Å². The highest BCUT2D eigenvalue weighted by molar-refractivity contribution is 7.88. The topological polar surface area (TPSA) is 74.1 Å². The van der Waals surface area contributed by atoms with Gasteiger partial charge in [0.2, 0.25) is 10.0 Å². The quantitative estimate of drug-likeness (QED) is 0.738. The molecule has 26 heavy (non-hydrogen) atoms. The molecule has 1 aromatic carbocycles. The van der Waals surface area contributed by atoms with Gasteiger partial charge in [-0.1, -0.05) is 29.3 Å². The molecular formula is C18H17Cl2N3O2S. The van der Waals surface area contributed by atoms with Gasteiger partial charge in [0.05, 0.1) is 27.9 Å². The maximum absolute atomic E-state index is 12.1. The molecule has 0 N–H and O–H groups in total. The van der Waals surface area contributed by atoms with Gasteiger partial charge in [0.15, 0.2) is 0 Å². The van der Waals surface area contributed by atoms with E-state index in [-0.39, 0.29) is 12.0 Å². The molecule has 5 nitrogen and oxygen atoms in total. The van der Waals surface area contributed by atoms with Crippen LogP contribution in [0.5, 0.6) is 0 Å². The summed E-state index contributed by atoms with van der Waals surface area (Å²) in [5.41, 5.74) is 2.44. The highest BCUT2D eigenvalue weighted by Crippen LogP contribution is 2.47. The summed E-state index contributed by atoms with van der Waals surface area (Å²) in [4.78, 5) is 4.28. The maximum atomic E-state index is 12.1. The van der Waals surface area contributed by atoms with Crippen LogP contribution in [-0.4, -0.2) is 31.0 Å². The van der Waals surface area contributed by atoms with Crippen LogP contribution in [0.2, 0.25) is 10.0 Å². The van der Waals surface area contributed by atoms with Crippen molar-refractivity contribution in [2.75, 3.05) is 13.3 Å². The number of nitrogens with zero attached hydrogens (tertiary/aromatic N) is 3. The Hall–Kier alpha value is -1.65. The van der Waals surface area contributed by atoms with E-state index in [0.29, 0.717) is 26.7 Å². The van der Waals surface area contributed by atoms with Gasteiger partial charge in [-0.25, -0.2) is 8.42 Å². The lowest BCUT2D eigenvalue weighted by atomic mass is 9.99. The molecule has 3 rings (SSSR count). The highest BCUT2D eigenvalue weighted by Gasteiger charge is 2.39. The molecular weight excluding hydrogens is 393 g/mol. The van der Waals surface area contributed by atoms with Crippen molar-refractivity contribution in [3.05, 3.63) is 51.8 Å². The van der Waals surface area contributed by atoms with Crippen molar-refractivity contribution in [1.82, 2.24) is 9.29 Å². The number of pyridine rings is 1. The van der Waals surface area contributed by atoms with Gasteiger partial charge in [0, 0.05) is 30.6 Å². The molecule has 8 heteroatoms. The van der Waals surface area contributed by atoms with Gasteiger partial charge in [-0.05, 0) is 36.5 Å². The van der Waals surface area contributed by atoms with E-state index in [2.05, 4.69) is 4.98 Å². The van der Waals surface area contributed by atoms with Crippen LogP contribution in [0.4, 0.5) is 0 Å². The number of hydrogen-bond donors (Lipinski definition) is 0. The van der Waals surface area contributed by atoms with E-state index < -0.39 is 10.0 Å². The van der Waals surface area contributed by atoms with Crippen LogP contribution >= 0.6 is 23.2 Å². The predicted molar refractivity (Wildman–Crippen MR) is 102 cm³/mol. The lowest BCUT2D eigenvalue weighted by Crippen LogP contribution is -2.31. The zero-order valence-electron chi connectivity index (χ0n) is 14.3. The molecule has 1 aliphatic carbocycles. The fourth-order valence-electron chi connectivity index (χ4n) is 3.01. The van der Waals surface area contributed by atoms with Crippen molar-refractivity contribution >= 4 is 33.2 Å². The lowest BCUT2D eigenvalue weighted by molar-refractivity contribution is 0.344. The molecule has 2 aromatic rings. The summed E-state index contributed by atoms with van der Waals surface area (Å²) in [6.07, 6.45) is 6.34. The zero-order chi connectivity index (χ0) is 19.1. The van der Waals surface area contributed by atoms with Gasteiger partial charge in [-0.3, -0.25) is 4.98 Å². The SMILES string of the molecule is CN(C(c1cncc(-c2ccc(C#N)c(Cl)c2)c1Cl)C1CC1)S(C)(=O)=O. The van der Waals surface area contributed by atoms with Crippen molar-refractivity contribution in [3.63, 3.8) is 0 Å². The number of hydrogen-bond acceptors (Lipinski definition) is 4. The second-order valence-corrected chi connectivity index (χ2v) is 9.29. The summed E-state index contributed by atoms with van der Waals surface area (Å²) >= 11 is 12.8. The zero-order valence-corrected chi connectivity index (χ0v) is 16.6. The third-order valence-corrected chi connectivity index (χ3v) is 6.62. The molecule has 1 heterocycles. The van der Waals surface area contributed by atoms with E-state index in [1.807, 2.05) is 6.07 Å². The largest absolute Gasteiger partial charge is 0.264 e. The minimum atomic E-state index is -3.38. The normalized spacial score (nSPS) is 15.7. The summed E-state index contributed by atoms with van der Waals surface area (Å²) in [6.45, 7) is 0. The van der Waals surface area contributed by atoms with Gasteiger partial charge in [-0.15, -0.1) is 0 Å². The molecule has 0 saturated heterocycles. The number of rotatable bonds is 5. The molecule has 0 amide bonds. The van der Waals surface area contributed by atoms with Crippen LogP contribution in [0.3, 0.4) is 0 Å². The van der Waals surface area contributed by atoms with Gasteiger partial charge in [0.25, 0.3) is 0 Å². The van der Waals surface area contributed by atoms with Crippen LogP contribution in [0.15, 0.2) is 30.6 Å². The summed E-state index contributed by atoms with van der Waals surface area (Å²) in [5, 5.41) is 9.81. The van der Waals surface area contributed by atoms with E-state index in [0.717, 1.165) is 18.4 Å². The Morgan fingerprint density at radius 2 is 2.00 bits per heavy atom. The van der Waals surface area contributed by atoms with Gasteiger partial charge < -0.3 is 0 Å². The Morgan fingerprint density at radius 1 is 1.31 bits per heavy atom. The minimum Gasteiger partial charge on any atom is -0.264 e. The number of benzene rings is 1. The van der Waals surface area contributed by atoms with Crippen LogP contribution < -0.4 is 0 Å². The first-order valence-corrected chi connectivity index (χ1v) is 10.6. The van der Waals surface area contributed by atoms with Gasteiger partial charge in [-0.2, -0.15) is 9.57 Å². The molecule has 0 bridgehead atoms. The highest BCUT2D eigenvalue weighted by atomic mass is 35.5. The average Bonchev–Trinajstić information content (AvgIpc) is 3.40. The second kappa shape index (κ2) is 7.16. The number of halogens is 2. The fraction of sp³-hybridized carbons (Fsp3) is 0.333. The van der Waals surface area contributed by atoms with Crippen LogP contribution in [0, 0.1) is 17.2 Å². The van der Waals surface area contributed by atoms with E-state index in [9.17, 15) is 8.42 Å². The molecule has 1 aromatic heterocycles. The van der Waals surface area contributed by atoms with Gasteiger partial charge in [0.1, 0.15) is 6.07 Å². The lowest BCUT2D eigenvalue weighted by Gasteiger charge is -2.27. The smallest absolute Gasteiger partial charge is 0.211 e. The summed E-state index contributed by atoms with van der Waals surface area (Å²) in [5.74, 6) is 0.230. The molecule has 1 unspecified atom stereocenters. The Labute approximate surface area is 163 Å². The molecule has 136 valence electrons. The number of nitriles is 1. The van der Waals surface area contributed by atoms with Crippen molar-refractivity contribution in [2.24, 2.45) is 5.92 Å².